The Morgan fingerprint density at radius 3 is 2.61 bits per heavy atom. The fraction of sp³-hybridized carbons (Fsp3) is 0.200. The Hall–Kier alpha value is -3.18. The first-order chi connectivity index (χ1) is 15.1. The third-order valence-corrected chi connectivity index (χ3v) is 6.41. The fourth-order valence-corrected chi connectivity index (χ4v) is 4.53. The Kier molecular flexibility index (Phi) is 6.63. The van der Waals surface area contributed by atoms with Crippen molar-refractivity contribution in [2.75, 3.05) is 0 Å². The molecule has 1 N–H and O–H groups in total. The smallest absolute Gasteiger partial charge is 0.282 e. The van der Waals surface area contributed by atoms with E-state index in [2.05, 4.69) is 30.7 Å². The molecule has 1 amide bonds. The van der Waals surface area contributed by atoms with Crippen LogP contribution in [-0.4, -0.2) is 35.9 Å². The second-order valence-corrected chi connectivity index (χ2v) is 8.39. The van der Waals surface area contributed by atoms with Gasteiger partial charge < -0.3 is 9.88 Å². The normalized spacial score (nSPS) is 10.9. The second kappa shape index (κ2) is 9.75. The molecule has 3 aromatic heterocycles. The van der Waals surface area contributed by atoms with E-state index in [9.17, 15) is 9.18 Å². The van der Waals surface area contributed by atoms with E-state index in [1.165, 1.54) is 35.2 Å². The summed E-state index contributed by atoms with van der Waals surface area (Å²) in [5.74, 6) is 0.686. The van der Waals surface area contributed by atoms with Crippen molar-refractivity contribution in [2.24, 2.45) is 0 Å². The van der Waals surface area contributed by atoms with Crippen LogP contribution < -0.4 is 5.32 Å². The highest BCUT2D eigenvalue weighted by molar-refractivity contribution is 7.98. The number of nitrogens with zero attached hydrogens (tertiary/aromatic N) is 6. The Balaban J connectivity index is 1.36. The van der Waals surface area contributed by atoms with Crippen LogP contribution in [0.2, 0.25) is 0 Å². The standard InChI is InChI=1S/C20H18FN7OS2/c1-2-28-17(14-7-9-22-10-8-14)25-27-20(28)30-12-16-24-26-19(31-16)18(29)23-11-13-3-5-15(21)6-4-13/h3-10H,2,11-12H2,1H3,(H,23,29). The van der Waals surface area contributed by atoms with Gasteiger partial charge >= 0.3 is 0 Å². The predicted octanol–water partition coefficient (Wildman–Crippen LogP) is 3.57. The van der Waals surface area contributed by atoms with Crippen LogP contribution in [0.1, 0.15) is 27.3 Å². The van der Waals surface area contributed by atoms with Gasteiger partial charge in [0.05, 0.1) is 5.75 Å². The maximum Gasteiger partial charge on any atom is 0.282 e. The molecule has 0 radical (unpaired) electrons. The van der Waals surface area contributed by atoms with Crippen molar-refractivity contribution in [3.63, 3.8) is 0 Å². The summed E-state index contributed by atoms with van der Waals surface area (Å²) < 4.78 is 15.0. The number of pyridine rings is 1. The van der Waals surface area contributed by atoms with Crippen LogP contribution >= 0.6 is 23.1 Å². The van der Waals surface area contributed by atoms with E-state index in [1.807, 2.05) is 23.6 Å². The number of hydrogen-bond acceptors (Lipinski definition) is 8. The molecule has 0 unspecified atom stereocenters. The lowest BCUT2D eigenvalue weighted by Crippen LogP contribution is -2.22. The predicted molar refractivity (Wildman–Crippen MR) is 116 cm³/mol. The molecule has 0 atom stereocenters. The first-order valence-electron chi connectivity index (χ1n) is 9.45. The lowest BCUT2D eigenvalue weighted by molar-refractivity contribution is 0.0950. The molecule has 158 valence electrons. The molecule has 0 saturated heterocycles. The second-order valence-electron chi connectivity index (χ2n) is 6.39. The maximum absolute atomic E-state index is 13.0. The van der Waals surface area contributed by atoms with Crippen molar-refractivity contribution in [3.05, 3.63) is 70.2 Å². The highest BCUT2D eigenvalue weighted by Crippen LogP contribution is 2.27. The molecule has 31 heavy (non-hydrogen) atoms. The molecular weight excluding hydrogens is 437 g/mol. The van der Waals surface area contributed by atoms with Gasteiger partial charge in [-0.1, -0.05) is 35.2 Å². The van der Waals surface area contributed by atoms with Crippen LogP contribution in [0.15, 0.2) is 53.9 Å². The van der Waals surface area contributed by atoms with Crippen molar-refractivity contribution in [1.29, 1.82) is 0 Å². The fourth-order valence-electron chi connectivity index (χ4n) is 2.79. The number of amides is 1. The Morgan fingerprint density at radius 2 is 1.87 bits per heavy atom. The molecule has 0 bridgehead atoms. The van der Waals surface area contributed by atoms with E-state index in [1.54, 1.807) is 24.5 Å². The third kappa shape index (κ3) is 5.12. The zero-order chi connectivity index (χ0) is 21.6. The molecule has 0 aliphatic rings. The zero-order valence-corrected chi connectivity index (χ0v) is 18.2. The van der Waals surface area contributed by atoms with E-state index >= 15 is 0 Å². The molecule has 11 heteroatoms. The first kappa shape index (κ1) is 21.1. The van der Waals surface area contributed by atoms with E-state index in [4.69, 9.17) is 0 Å². The Labute approximate surface area is 186 Å². The molecule has 0 aliphatic heterocycles. The van der Waals surface area contributed by atoms with Gasteiger partial charge in [-0.15, -0.1) is 20.4 Å². The zero-order valence-electron chi connectivity index (χ0n) is 16.5. The number of carbonyl (C=O) groups excluding carboxylic acids is 1. The molecule has 0 saturated carbocycles. The van der Waals surface area contributed by atoms with Crippen LogP contribution in [0.25, 0.3) is 11.4 Å². The largest absolute Gasteiger partial charge is 0.346 e. The summed E-state index contributed by atoms with van der Waals surface area (Å²) in [6.07, 6.45) is 3.45. The number of benzene rings is 1. The number of carbonyl (C=O) groups is 1. The van der Waals surface area contributed by atoms with Crippen LogP contribution in [0, 0.1) is 5.82 Å². The quantitative estimate of drug-likeness (QED) is 0.406. The van der Waals surface area contributed by atoms with Crippen molar-refractivity contribution in [2.45, 2.75) is 30.9 Å². The maximum atomic E-state index is 13.0. The van der Waals surface area contributed by atoms with E-state index in [0.29, 0.717) is 17.3 Å². The van der Waals surface area contributed by atoms with Crippen molar-refractivity contribution >= 4 is 29.0 Å². The first-order valence-corrected chi connectivity index (χ1v) is 11.3. The van der Waals surface area contributed by atoms with Gasteiger partial charge in [-0.05, 0) is 36.8 Å². The summed E-state index contributed by atoms with van der Waals surface area (Å²) in [5.41, 5.74) is 1.76. The van der Waals surface area contributed by atoms with Gasteiger partial charge in [0.15, 0.2) is 11.0 Å². The summed E-state index contributed by atoms with van der Waals surface area (Å²) in [6, 6.07) is 9.76. The SMILES string of the molecule is CCn1c(SCc2nnc(C(=O)NCc3ccc(F)cc3)s2)nnc1-c1ccncc1. The monoisotopic (exact) mass is 455 g/mol. The average Bonchev–Trinajstić information content (AvgIpc) is 3.44. The number of hydrogen-bond donors (Lipinski definition) is 1. The summed E-state index contributed by atoms with van der Waals surface area (Å²) >= 11 is 2.72. The van der Waals surface area contributed by atoms with Gasteiger partial charge in [0, 0.05) is 31.0 Å². The van der Waals surface area contributed by atoms with Crippen LogP contribution in [-0.2, 0) is 18.8 Å². The molecular formula is C20H18FN7OS2. The minimum absolute atomic E-state index is 0.284. The van der Waals surface area contributed by atoms with Crippen molar-refractivity contribution in [3.8, 4) is 11.4 Å². The Morgan fingerprint density at radius 1 is 1.10 bits per heavy atom. The summed E-state index contributed by atoms with van der Waals surface area (Å²) in [6.45, 7) is 3.05. The lowest BCUT2D eigenvalue weighted by atomic mass is 10.2. The number of halogens is 1. The summed E-state index contributed by atoms with van der Waals surface area (Å²) in [5, 5.41) is 21.2. The topological polar surface area (TPSA) is 98.5 Å². The number of nitrogens with one attached hydrogen (secondary N) is 1. The molecule has 4 rings (SSSR count). The third-order valence-electron chi connectivity index (χ3n) is 4.32. The van der Waals surface area contributed by atoms with Crippen molar-refractivity contribution < 1.29 is 9.18 Å². The summed E-state index contributed by atoms with van der Waals surface area (Å²) in [4.78, 5) is 16.4. The highest BCUT2D eigenvalue weighted by Gasteiger charge is 2.16. The molecule has 0 fully saturated rings. The minimum atomic E-state index is -0.312. The number of rotatable bonds is 8. The lowest BCUT2D eigenvalue weighted by Gasteiger charge is -2.06. The molecule has 4 aromatic rings. The van der Waals surface area contributed by atoms with Crippen molar-refractivity contribution in [1.82, 2.24) is 35.3 Å². The van der Waals surface area contributed by atoms with Gasteiger partial charge in [0.2, 0.25) is 5.01 Å². The van der Waals surface area contributed by atoms with Gasteiger partial charge in [-0.3, -0.25) is 9.78 Å². The van der Waals surface area contributed by atoms with Crippen LogP contribution in [0.3, 0.4) is 0 Å². The summed E-state index contributed by atoms with van der Waals surface area (Å²) in [7, 11) is 0. The number of thioether (sulfide) groups is 1. The molecule has 1 aromatic carbocycles. The van der Waals surface area contributed by atoms with Crippen LogP contribution in [0.4, 0.5) is 4.39 Å². The van der Waals surface area contributed by atoms with Crippen LogP contribution in [0.5, 0.6) is 0 Å². The van der Waals surface area contributed by atoms with Gasteiger partial charge in [0.25, 0.3) is 5.91 Å². The van der Waals surface area contributed by atoms with Gasteiger partial charge in [-0.25, -0.2) is 4.39 Å². The average molecular weight is 456 g/mol. The van der Waals surface area contributed by atoms with Gasteiger partial charge in [-0.2, -0.15) is 0 Å². The molecule has 0 spiro atoms. The molecule has 0 aliphatic carbocycles. The highest BCUT2D eigenvalue weighted by atomic mass is 32.2. The molecule has 3 heterocycles. The Bertz CT molecular complexity index is 1160. The van der Waals surface area contributed by atoms with E-state index in [-0.39, 0.29) is 16.7 Å². The molecule has 8 nitrogen and oxygen atoms in total. The van der Waals surface area contributed by atoms with E-state index < -0.39 is 0 Å². The van der Waals surface area contributed by atoms with Gasteiger partial charge in [0.1, 0.15) is 10.8 Å². The minimum Gasteiger partial charge on any atom is -0.346 e. The number of aromatic nitrogens is 6. The van der Waals surface area contributed by atoms with E-state index in [0.717, 1.165) is 28.7 Å².